The first-order valence-corrected chi connectivity index (χ1v) is 8.06. The summed E-state index contributed by atoms with van der Waals surface area (Å²) >= 11 is 0. The SMILES string of the molecule is O=C(O)CCCc1ccc(N2C(=O)C=CC2=O)cc1.O=C1CCC(=O)N1. The van der Waals surface area contributed by atoms with Crippen molar-refractivity contribution in [3.05, 3.63) is 42.0 Å². The number of imide groups is 2. The van der Waals surface area contributed by atoms with Gasteiger partial charge in [-0.25, -0.2) is 4.90 Å². The molecule has 0 atom stereocenters. The minimum atomic E-state index is -0.809. The number of carboxylic acid groups (broad SMARTS) is 1. The van der Waals surface area contributed by atoms with Crippen LogP contribution in [0.15, 0.2) is 36.4 Å². The standard InChI is InChI=1S/C14H13NO4.C4H5NO2/c16-12-8-9-13(17)15(12)11-6-4-10(5-7-11)2-1-3-14(18)19;6-3-1-2-4(7)5-3/h4-9H,1-3H2,(H,18,19);1-2H2,(H,5,6,7). The average Bonchev–Trinajstić information content (AvgIpc) is 3.13. The molecule has 8 nitrogen and oxygen atoms in total. The maximum Gasteiger partial charge on any atom is 0.303 e. The molecule has 4 amide bonds. The maximum absolute atomic E-state index is 11.5. The molecule has 0 radical (unpaired) electrons. The molecule has 3 rings (SSSR count). The third-order valence-corrected chi connectivity index (χ3v) is 3.72. The van der Waals surface area contributed by atoms with Gasteiger partial charge in [0.2, 0.25) is 11.8 Å². The summed E-state index contributed by atoms with van der Waals surface area (Å²) in [7, 11) is 0. The van der Waals surface area contributed by atoms with Crippen LogP contribution in [0.5, 0.6) is 0 Å². The Balaban J connectivity index is 0.000000290. The normalized spacial score (nSPS) is 15.8. The van der Waals surface area contributed by atoms with E-state index in [0.717, 1.165) is 10.5 Å². The molecule has 0 bridgehead atoms. The zero-order chi connectivity index (χ0) is 19.1. The number of amides is 4. The first-order chi connectivity index (χ1) is 12.4. The van der Waals surface area contributed by atoms with Gasteiger partial charge < -0.3 is 5.11 Å². The van der Waals surface area contributed by atoms with Crippen LogP contribution in [0, 0.1) is 0 Å². The van der Waals surface area contributed by atoms with Crippen LogP contribution < -0.4 is 10.2 Å². The molecule has 0 saturated carbocycles. The van der Waals surface area contributed by atoms with Gasteiger partial charge in [-0.3, -0.25) is 29.3 Å². The molecule has 2 heterocycles. The minimum absolute atomic E-state index is 0.134. The van der Waals surface area contributed by atoms with Gasteiger partial charge in [0.25, 0.3) is 11.8 Å². The van der Waals surface area contributed by atoms with Gasteiger partial charge in [0.15, 0.2) is 0 Å². The Bertz CT molecular complexity index is 734. The Hall–Kier alpha value is -3.29. The predicted molar refractivity (Wildman–Crippen MR) is 91.0 cm³/mol. The van der Waals surface area contributed by atoms with Crippen molar-refractivity contribution in [1.29, 1.82) is 0 Å². The van der Waals surface area contributed by atoms with Crippen molar-refractivity contribution in [3.63, 3.8) is 0 Å². The molecule has 2 aliphatic rings. The van der Waals surface area contributed by atoms with E-state index in [1.54, 1.807) is 24.3 Å². The molecule has 1 aromatic rings. The molecular formula is C18H18N2O6. The topological polar surface area (TPSA) is 121 Å². The van der Waals surface area contributed by atoms with Gasteiger partial charge in [-0.1, -0.05) is 12.1 Å². The molecule has 0 spiro atoms. The third-order valence-electron chi connectivity index (χ3n) is 3.72. The van der Waals surface area contributed by atoms with Crippen molar-refractivity contribution in [1.82, 2.24) is 5.32 Å². The molecule has 2 aliphatic heterocycles. The second-order valence-electron chi connectivity index (χ2n) is 5.73. The van der Waals surface area contributed by atoms with E-state index < -0.39 is 5.97 Å². The number of nitrogens with zero attached hydrogens (tertiary/aromatic N) is 1. The van der Waals surface area contributed by atoms with Crippen LogP contribution in [-0.2, 0) is 30.4 Å². The van der Waals surface area contributed by atoms with Crippen LogP contribution in [0.25, 0.3) is 0 Å². The summed E-state index contributed by atoms with van der Waals surface area (Å²) < 4.78 is 0. The summed E-state index contributed by atoms with van der Waals surface area (Å²) in [6.45, 7) is 0. The van der Waals surface area contributed by atoms with E-state index in [9.17, 15) is 24.0 Å². The van der Waals surface area contributed by atoms with Gasteiger partial charge in [0.1, 0.15) is 0 Å². The lowest BCUT2D eigenvalue weighted by Crippen LogP contribution is -2.29. The monoisotopic (exact) mass is 358 g/mol. The van der Waals surface area contributed by atoms with E-state index in [4.69, 9.17) is 5.11 Å². The van der Waals surface area contributed by atoms with Crippen LogP contribution >= 0.6 is 0 Å². The highest BCUT2D eigenvalue weighted by atomic mass is 16.4. The number of aliphatic carboxylic acids is 1. The van der Waals surface area contributed by atoms with Gasteiger partial charge in [0.05, 0.1) is 5.69 Å². The quantitative estimate of drug-likeness (QED) is 0.756. The Labute approximate surface area is 149 Å². The Morgan fingerprint density at radius 1 is 0.962 bits per heavy atom. The smallest absolute Gasteiger partial charge is 0.303 e. The first-order valence-electron chi connectivity index (χ1n) is 8.06. The molecule has 136 valence electrons. The minimum Gasteiger partial charge on any atom is -0.481 e. The van der Waals surface area contributed by atoms with Crippen molar-refractivity contribution in [2.24, 2.45) is 0 Å². The average molecular weight is 358 g/mol. The number of hydrogen-bond acceptors (Lipinski definition) is 5. The van der Waals surface area contributed by atoms with Crippen LogP contribution in [0.4, 0.5) is 5.69 Å². The molecule has 1 saturated heterocycles. The highest BCUT2D eigenvalue weighted by molar-refractivity contribution is 6.28. The number of hydrogen-bond donors (Lipinski definition) is 2. The van der Waals surface area contributed by atoms with E-state index in [0.29, 0.717) is 31.4 Å². The van der Waals surface area contributed by atoms with Crippen molar-refractivity contribution >= 4 is 35.3 Å². The van der Waals surface area contributed by atoms with E-state index in [2.05, 4.69) is 5.32 Å². The summed E-state index contributed by atoms with van der Waals surface area (Å²) in [6.07, 6.45) is 4.59. The first kappa shape index (κ1) is 19.0. The number of carbonyl (C=O) groups excluding carboxylic acids is 4. The summed E-state index contributed by atoms with van der Waals surface area (Å²) in [4.78, 5) is 54.7. The number of anilines is 1. The van der Waals surface area contributed by atoms with E-state index in [-0.39, 0.29) is 30.0 Å². The lowest BCUT2D eigenvalue weighted by atomic mass is 10.1. The summed E-state index contributed by atoms with van der Waals surface area (Å²) in [5, 5.41) is 10.7. The number of rotatable bonds is 5. The van der Waals surface area contributed by atoms with Crippen molar-refractivity contribution in [2.45, 2.75) is 32.1 Å². The van der Waals surface area contributed by atoms with Gasteiger partial charge >= 0.3 is 5.97 Å². The fourth-order valence-corrected chi connectivity index (χ4v) is 2.42. The highest BCUT2D eigenvalue weighted by Crippen LogP contribution is 2.20. The second kappa shape index (κ2) is 8.70. The van der Waals surface area contributed by atoms with Gasteiger partial charge in [-0.15, -0.1) is 0 Å². The van der Waals surface area contributed by atoms with Crippen LogP contribution in [0.1, 0.15) is 31.2 Å². The number of aryl methyl sites for hydroxylation is 1. The molecule has 8 heteroatoms. The maximum atomic E-state index is 11.5. The summed E-state index contributed by atoms with van der Waals surface area (Å²) in [5.41, 5.74) is 1.51. The highest BCUT2D eigenvalue weighted by Gasteiger charge is 2.24. The fourth-order valence-electron chi connectivity index (χ4n) is 2.42. The fraction of sp³-hybridized carbons (Fsp3) is 0.278. The molecule has 0 unspecified atom stereocenters. The van der Waals surface area contributed by atoms with E-state index in [1.165, 1.54) is 12.2 Å². The number of carboxylic acids is 1. The summed E-state index contributed by atoms with van der Waals surface area (Å²) in [6, 6.07) is 6.99. The Morgan fingerprint density at radius 3 is 1.92 bits per heavy atom. The molecule has 2 N–H and O–H groups in total. The zero-order valence-electron chi connectivity index (χ0n) is 13.9. The van der Waals surface area contributed by atoms with Crippen LogP contribution in [0.2, 0.25) is 0 Å². The molecule has 0 aromatic heterocycles. The third kappa shape index (κ3) is 5.37. The van der Waals surface area contributed by atoms with Crippen molar-refractivity contribution in [2.75, 3.05) is 4.90 Å². The largest absolute Gasteiger partial charge is 0.481 e. The van der Waals surface area contributed by atoms with Gasteiger partial charge in [-0.2, -0.15) is 0 Å². The van der Waals surface area contributed by atoms with Crippen LogP contribution in [-0.4, -0.2) is 34.7 Å². The lowest BCUT2D eigenvalue weighted by Gasteiger charge is -2.14. The second-order valence-corrected chi connectivity index (χ2v) is 5.73. The zero-order valence-corrected chi connectivity index (χ0v) is 13.9. The molecule has 1 aromatic carbocycles. The molecule has 26 heavy (non-hydrogen) atoms. The van der Waals surface area contributed by atoms with E-state index >= 15 is 0 Å². The van der Waals surface area contributed by atoms with Crippen molar-refractivity contribution in [3.8, 4) is 0 Å². The van der Waals surface area contributed by atoms with Crippen molar-refractivity contribution < 1.29 is 29.1 Å². The van der Waals surface area contributed by atoms with Gasteiger partial charge in [-0.05, 0) is 30.5 Å². The van der Waals surface area contributed by atoms with E-state index in [1.807, 2.05) is 0 Å². The number of nitrogens with one attached hydrogen (secondary N) is 1. The number of benzene rings is 1. The molecule has 0 aliphatic carbocycles. The Morgan fingerprint density at radius 2 is 1.50 bits per heavy atom. The Kier molecular flexibility index (Phi) is 6.37. The molecule has 1 fully saturated rings. The van der Waals surface area contributed by atoms with Gasteiger partial charge in [0, 0.05) is 31.4 Å². The summed E-state index contributed by atoms with van der Waals surface area (Å²) in [5.74, 6) is -1.79. The predicted octanol–water partition coefficient (Wildman–Crippen LogP) is 0.946. The lowest BCUT2D eigenvalue weighted by molar-refractivity contribution is -0.137. The molecular weight excluding hydrogens is 340 g/mol. The van der Waals surface area contributed by atoms with Crippen LogP contribution in [0.3, 0.4) is 0 Å². The number of carbonyl (C=O) groups is 5.